The summed E-state index contributed by atoms with van der Waals surface area (Å²) in [5.41, 5.74) is 1.62. The number of esters is 1. The third kappa shape index (κ3) is 7.32. The van der Waals surface area contributed by atoms with E-state index in [-0.39, 0.29) is 12.1 Å². The number of halogens is 2. The van der Waals surface area contributed by atoms with Crippen LogP contribution in [0.25, 0.3) is 0 Å². The van der Waals surface area contributed by atoms with Crippen molar-refractivity contribution in [1.82, 2.24) is 4.90 Å². The fourth-order valence-corrected chi connectivity index (χ4v) is 4.32. The van der Waals surface area contributed by atoms with Crippen LogP contribution >= 0.6 is 35.0 Å². The molecular weight excluding hydrogens is 413 g/mol. The molecule has 2 aromatic rings. The topological polar surface area (TPSA) is 29.5 Å². The van der Waals surface area contributed by atoms with Gasteiger partial charge in [-0.2, -0.15) is 0 Å². The van der Waals surface area contributed by atoms with E-state index in [1.54, 1.807) is 23.9 Å². The summed E-state index contributed by atoms with van der Waals surface area (Å²) >= 11 is 13.7. The lowest BCUT2D eigenvalue weighted by Crippen LogP contribution is -2.35. The first-order valence-electron chi connectivity index (χ1n) is 9.32. The second-order valence-corrected chi connectivity index (χ2v) is 9.11. The van der Waals surface area contributed by atoms with Crippen molar-refractivity contribution in [2.45, 2.75) is 37.0 Å². The van der Waals surface area contributed by atoms with Crippen LogP contribution in [-0.4, -0.2) is 37.6 Å². The summed E-state index contributed by atoms with van der Waals surface area (Å²) in [5.74, 6) is 0.743. The number of rotatable bonds is 9. The van der Waals surface area contributed by atoms with Crippen LogP contribution in [0, 0.1) is 5.92 Å². The average molecular weight is 440 g/mol. The molecule has 2 rings (SSSR count). The standard InChI is InChI=1S/C22H27Cl2NO2S/c1-5-15(2)21(13-25(3)4)27-22(26)17-8-6-7-16(9-17)14-28-20-11-18(23)10-19(24)12-20/h6-12,15,21H,5,13-14H2,1-4H3. The van der Waals surface area contributed by atoms with Gasteiger partial charge >= 0.3 is 5.97 Å². The molecule has 0 aliphatic heterocycles. The lowest BCUT2D eigenvalue weighted by molar-refractivity contribution is 0.00797. The van der Waals surface area contributed by atoms with E-state index in [1.807, 2.05) is 49.3 Å². The van der Waals surface area contributed by atoms with Crippen LogP contribution in [0.2, 0.25) is 10.0 Å². The number of hydrogen-bond acceptors (Lipinski definition) is 4. The van der Waals surface area contributed by atoms with Crippen molar-refractivity contribution in [1.29, 1.82) is 0 Å². The van der Waals surface area contributed by atoms with Gasteiger partial charge in [-0.1, -0.05) is 49.2 Å². The van der Waals surface area contributed by atoms with Gasteiger partial charge in [-0.25, -0.2) is 4.79 Å². The predicted octanol–water partition coefficient (Wildman–Crippen LogP) is 6.42. The van der Waals surface area contributed by atoms with Crippen molar-refractivity contribution in [3.63, 3.8) is 0 Å². The molecule has 6 heteroatoms. The molecule has 0 fully saturated rings. The molecule has 0 radical (unpaired) electrons. The molecule has 2 aromatic carbocycles. The Morgan fingerprint density at radius 1 is 1.14 bits per heavy atom. The first-order chi connectivity index (χ1) is 13.3. The fraction of sp³-hybridized carbons (Fsp3) is 0.409. The molecule has 0 aliphatic rings. The predicted molar refractivity (Wildman–Crippen MR) is 120 cm³/mol. The van der Waals surface area contributed by atoms with E-state index in [9.17, 15) is 4.79 Å². The summed E-state index contributed by atoms with van der Waals surface area (Å²) < 4.78 is 5.83. The second kappa shape index (κ2) is 11.1. The fourth-order valence-electron chi connectivity index (χ4n) is 2.73. The summed E-state index contributed by atoms with van der Waals surface area (Å²) in [5, 5.41) is 1.23. The number of carbonyl (C=O) groups excluding carboxylic acids is 1. The van der Waals surface area contributed by atoms with Crippen LogP contribution in [0.15, 0.2) is 47.4 Å². The Balaban J connectivity index is 2.05. The number of carbonyl (C=O) groups is 1. The van der Waals surface area contributed by atoms with E-state index in [0.717, 1.165) is 16.9 Å². The maximum atomic E-state index is 12.7. The van der Waals surface area contributed by atoms with Crippen molar-refractivity contribution < 1.29 is 9.53 Å². The van der Waals surface area contributed by atoms with Crippen LogP contribution < -0.4 is 0 Å². The Morgan fingerprint density at radius 2 is 1.82 bits per heavy atom. The van der Waals surface area contributed by atoms with Crippen LogP contribution in [0.1, 0.15) is 36.2 Å². The first-order valence-corrected chi connectivity index (χ1v) is 11.1. The van der Waals surface area contributed by atoms with Crippen molar-refractivity contribution in [2.24, 2.45) is 5.92 Å². The Morgan fingerprint density at radius 3 is 2.43 bits per heavy atom. The number of thioether (sulfide) groups is 1. The van der Waals surface area contributed by atoms with E-state index in [4.69, 9.17) is 27.9 Å². The summed E-state index contributed by atoms with van der Waals surface area (Å²) in [4.78, 5) is 15.7. The third-order valence-corrected chi connectivity index (χ3v) is 5.97. The van der Waals surface area contributed by atoms with Crippen LogP contribution in [-0.2, 0) is 10.5 Å². The highest BCUT2D eigenvalue weighted by atomic mass is 35.5. The number of nitrogens with zero attached hydrogens (tertiary/aromatic N) is 1. The zero-order valence-corrected chi connectivity index (χ0v) is 19.1. The molecule has 0 N–H and O–H groups in total. The summed E-state index contributed by atoms with van der Waals surface area (Å²) in [6.45, 7) is 4.94. The molecule has 0 spiro atoms. The maximum absolute atomic E-state index is 12.7. The number of benzene rings is 2. The van der Waals surface area contributed by atoms with Gasteiger partial charge in [0, 0.05) is 27.2 Å². The minimum Gasteiger partial charge on any atom is -0.457 e. The zero-order valence-electron chi connectivity index (χ0n) is 16.7. The molecule has 152 valence electrons. The van der Waals surface area contributed by atoms with Crippen LogP contribution in [0.5, 0.6) is 0 Å². The number of likely N-dealkylation sites (N-methyl/N-ethyl adjacent to an activating group) is 1. The highest BCUT2D eigenvalue weighted by Crippen LogP contribution is 2.29. The van der Waals surface area contributed by atoms with Gasteiger partial charge in [-0.15, -0.1) is 11.8 Å². The highest BCUT2D eigenvalue weighted by Gasteiger charge is 2.22. The van der Waals surface area contributed by atoms with E-state index in [1.165, 1.54) is 0 Å². The van der Waals surface area contributed by atoms with Crippen LogP contribution in [0.3, 0.4) is 0 Å². The quantitative estimate of drug-likeness (QED) is 0.333. The summed E-state index contributed by atoms with van der Waals surface area (Å²) in [6.07, 6.45) is 0.837. The smallest absolute Gasteiger partial charge is 0.338 e. The molecule has 2 atom stereocenters. The van der Waals surface area contributed by atoms with Gasteiger partial charge in [-0.05, 0) is 62.3 Å². The van der Waals surface area contributed by atoms with E-state index in [2.05, 4.69) is 13.8 Å². The van der Waals surface area contributed by atoms with Crippen molar-refractivity contribution in [3.8, 4) is 0 Å². The molecule has 0 bridgehead atoms. The minimum atomic E-state index is -0.273. The van der Waals surface area contributed by atoms with Gasteiger partial charge in [-0.3, -0.25) is 0 Å². The first kappa shape index (κ1) is 23.1. The Hall–Kier alpha value is -1.20. The molecule has 0 aromatic heterocycles. The van der Waals surface area contributed by atoms with Crippen molar-refractivity contribution >= 4 is 40.9 Å². The van der Waals surface area contributed by atoms with Gasteiger partial charge in [0.1, 0.15) is 6.10 Å². The third-order valence-electron chi connectivity index (χ3n) is 4.49. The molecule has 0 aliphatic carbocycles. The van der Waals surface area contributed by atoms with Gasteiger partial charge in [0.15, 0.2) is 0 Å². The minimum absolute atomic E-state index is 0.126. The average Bonchev–Trinajstić information content (AvgIpc) is 2.64. The molecule has 3 nitrogen and oxygen atoms in total. The number of hydrogen-bond donors (Lipinski definition) is 0. The summed E-state index contributed by atoms with van der Waals surface area (Å²) in [7, 11) is 3.98. The highest BCUT2D eigenvalue weighted by molar-refractivity contribution is 7.98. The van der Waals surface area contributed by atoms with Gasteiger partial charge < -0.3 is 9.64 Å². The maximum Gasteiger partial charge on any atom is 0.338 e. The lowest BCUT2D eigenvalue weighted by atomic mass is 10.0. The zero-order chi connectivity index (χ0) is 20.7. The van der Waals surface area contributed by atoms with Crippen molar-refractivity contribution in [2.75, 3.05) is 20.6 Å². The van der Waals surface area contributed by atoms with E-state index < -0.39 is 0 Å². The molecule has 0 saturated heterocycles. The van der Waals surface area contributed by atoms with Gasteiger partial charge in [0.2, 0.25) is 0 Å². The Bertz CT molecular complexity index is 778. The normalized spacial score (nSPS) is 13.4. The summed E-state index contributed by atoms with van der Waals surface area (Å²) in [6, 6.07) is 13.1. The largest absolute Gasteiger partial charge is 0.457 e. The van der Waals surface area contributed by atoms with Crippen molar-refractivity contribution in [3.05, 3.63) is 63.6 Å². The molecule has 28 heavy (non-hydrogen) atoms. The van der Waals surface area contributed by atoms with E-state index >= 15 is 0 Å². The Labute approximate surface area is 182 Å². The van der Waals surface area contributed by atoms with Crippen LogP contribution in [0.4, 0.5) is 0 Å². The molecule has 0 amide bonds. The lowest BCUT2D eigenvalue weighted by Gasteiger charge is -2.26. The van der Waals surface area contributed by atoms with Gasteiger partial charge in [0.05, 0.1) is 5.56 Å². The second-order valence-electron chi connectivity index (χ2n) is 7.19. The monoisotopic (exact) mass is 439 g/mol. The number of ether oxygens (including phenoxy) is 1. The molecule has 0 heterocycles. The Kier molecular flexibility index (Phi) is 9.16. The van der Waals surface area contributed by atoms with E-state index in [0.29, 0.717) is 33.8 Å². The SMILES string of the molecule is CCC(C)C(CN(C)C)OC(=O)c1cccc(CSc2cc(Cl)cc(Cl)c2)c1. The molecule has 0 saturated carbocycles. The van der Waals surface area contributed by atoms with Gasteiger partial charge in [0.25, 0.3) is 0 Å². The molecule has 2 unspecified atom stereocenters. The molecular formula is C22H27Cl2NO2S.